The third-order valence-corrected chi connectivity index (χ3v) is 6.60. The summed E-state index contributed by atoms with van der Waals surface area (Å²) in [6, 6.07) is 12.6. The summed E-state index contributed by atoms with van der Waals surface area (Å²) in [4.78, 5) is 16.5. The van der Waals surface area contributed by atoms with Crippen LogP contribution in [0.4, 0.5) is 13.9 Å². The van der Waals surface area contributed by atoms with E-state index in [0.29, 0.717) is 11.3 Å². The molecule has 0 saturated heterocycles. The van der Waals surface area contributed by atoms with E-state index in [0.717, 1.165) is 16.9 Å². The molecule has 10 heteroatoms. The van der Waals surface area contributed by atoms with E-state index in [1.165, 1.54) is 18.2 Å². The first-order valence-electron chi connectivity index (χ1n) is 8.83. The van der Waals surface area contributed by atoms with Crippen LogP contribution in [0.15, 0.2) is 58.8 Å². The van der Waals surface area contributed by atoms with Gasteiger partial charge in [-0.2, -0.15) is 8.78 Å². The fraction of sp³-hybridized carbons (Fsp3) is 0.200. The molecule has 30 heavy (non-hydrogen) atoms. The Labute approximate surface area is 176 Å². The number of carbonyl (C=O) groups excluding carboxylic acids is 1. The first-order valence-corrected chi connectivity index (χ1v) is 11.4. The summed E-state index contributed by atoms with van der Waals surface area (Å²) in [5, 5.41) is 4.36. The van der Waals surface area contributed by atoms with Crippen LogP contribution in [-0.4, -0.2) is 31.7 Å². The van der Waals surface area contributed by atoms with Gasteiger partial charge in [0, 0.05) is 17.4 Å². The summed E-state index contributed by atoms with van der Waals surface area (Å²) in [5.74, 6) is -0.880. The van der Waals surface area contributed by atoms with Gasteiger partial charge in [-0.15, -0.1) is 11.3 Å². The number of anilines is 1. The quantitative estimate of drug-likeness (QED) is 0.543. The van der Waals surface area contributed by atoms with Gasteiger partial charge in [-0.25, -0.2) is 13.4 Å². The van der Waals surface area contributed by atoms with Crippen LogP contribution in [0.3, 0.4) is 0 Å². The van der Waals surface area contributed by atoms with Crippen LogP contribution < -0.4 is 10.1 Å². The van der Waals surface area contributed by atoms with Crippen molar-refractivity contribution in [2.75, 3.05) is 11.1 Å². The van der Waals surface area contributed by atoms with Crippen molar-refractivity contribution in [1.29, 1.82) is 0 Å². The van der Waals surface area contributed by atoms with Crippen molar-refractivity contribution in [3.63, 3.8) is 0 Å². The number of sulfone groups is 1. The molecular weight excluding hydrogens is 434 g/mol. The number of hydrogen-bond donors (Lipinski definition) is 1. The molecule has 3 aromatic rings. The highest BCUT2D eigenvalue weighted by molar-refractivity contribution is 7.91. The number of aromatic nitrogens is 1. The second-order valence-electron chi connectivity index (χ2n) is 6.34. The summed E-state index contributed by atoms with van der Waals surface area (Å²) >= 11 is 1.10. The van der Waals surface area contributed by atoms with E-state index in [1.54, 1.807) is 35.7 Å². The minimum Gasteiger partial charge on any atom is -0.434 e. The summed E-state index contributed by atoms with van der Waals surface area (Å²) in [7, 11) is -3.58. The minimum absolute atomic E-state index is 0.0279. The highest BCUT2D eigenvalue weighted by atomic mass is 32.2. The zero-order valence-electron chi connectivity index (χ0n) is 15.8. The Hall–Kier alpha value is -2.85. The number of thiazole rings is 1. The number of rotatable bonds is 8. The van der Waals surface area contributed by atoms with Crippen molar-refractivity contribution < 1.29 is 26.7 Å². The van der Waals surface area contributed by atoms with Crippen molar-refractivity contribution in [1.82, 2.24) is 4.98 Å². The molecular formula is C20H18F2N2O4S2. The number of ether oxygens (including phenoxy) is 1. The second kappa shape index (κ2) is 9.31. The standard InChI is InChI=1S/C20H18F2N2O4S2/c1-13-6-8-14(9-7-13)30(26,27)11-10-18(25)24-20-23-16(12-29-20)15-4-2-3-5-17(15)28-19(21)22/h2-9,12,19H,10-11H2,1H3,(H,23,24,25). The molecule has 2 aromatic carbocycles. The van der Waals surface area contributed by atoms with Gasteiger partial charge in [0.25, 0.3) is 0 Å². The molecule has 6 nitrogen and oxygen atoms in total. The number of benzene rings is 2. The van der Waals surface area contributed by atoms with Crippen LogP contribution in [0.5, 0.6) is 5.75 Å². The molecule has 0 aliphatic carbocycles. The lowest BCUT2D eigenvalue weighted by Crippen LogP contribution is -2.17. The number of alkyl halides is 2. The highest BCUT2D eigenvalue weighted by Gasteiger charge is 2.18. The van der Waals surface area contributed by atoms with Crippen molar-refractivity contribution in [3.8, 4) is 17.0 Å². The molecule has 0 bridgehead atoms. The fourth-order valence-corrected chi connectivity index (χ4v) is 4.57. The summed E-state index contributed by atoms with van der Waals surface area (Å²) in [5.41, 5.74) is 1.65. The molecule has 1 N–H and O–H groups in total. The maximum Gasteiger partial charge on any atom is 0.387 e. The Morgan fingerprint density at radius 3 is 2.57 bits per heavy atom. The van der Waals surface area contributed by atoms with E-state index in [1.807, 2.05) is 6.92 Å². The van der Waals surface area contributed by atoms with E-state index in [9.17, 15) is 22.0 Å². The Kier molecular flexibility index (Phi) is 6.78. The molecule has 1 amide bonds. The Balaban J connectivity index is 1.64. The Morgan fingerprint density at radius 1 is 1.17 bits per heavy atom. The lowest BCUT2D eigenvalue weighted by atomic mass is 10.1. The number of nitrogens with one attached hydrogen (secondary N) is 1. The molecule has 0 atom stereocenters. The monoisotopic (exact) mass is 452 g/mol. The molecule has 0 spiro atoms. The van der Waals surface area contributed by atoms with Crippen LogP contribution >= 0.6 is 11.3 Å². The fourth-order valence-electron chi connectivity index (χ4n) is 2.60. The van der Waals surface area contributed by atoms with E-state index in [2.05, 4.69) is 15.0 Å². The highest BCUT2D eigenvalue weighted by Crippen LogP contribution is 2.33. The zero-order chi connectivity index (χ0) is 21.7. The topological polar surface area (TPSA) is 85.4 Å². The minimum atomic E-state index is -3.58. The lowest BCUT2D eigenvalue weighted by molar-refractivity contribution is -0.115. The summed E-state index contributed by atoms with van der Waals surface area (Å²) < 4.78 is 54.3. The lowest BCUT2D eigenvalue weighted by Gasteiger charge is -2.08. The van der Waals surface area contributed by atoms with Gasteiger partial charge in [-0.05, 0) is 31.2 Å². The number of aryl methyl sites for hydroxylation is 1. The number of amides is 1. The van der Waals surface area contributed by atoms with Crippen LogP contribution in [0, 0.1) is 6.92 Å². The van der Waals surface area contributed by atoms with Crippen molar-refractivity contribution >= 4 is 32.2 Å². The molecule has 0 saturated carbocycles. The van der Waals surface area contributed by atoms with Crippen molar-refractivity contribution in [3.05, 3.63) is 59.5 Å². The van der Waals surface area contributed by atoms with Gasteiger partial charge >= 0.3 is 6.61 Å². The molecule has 0 aliphatic rings. The molecule has 158 valence electrons. The second-order valence-corrected chi connectivity index (χ2v) is 9.31. The average Bonchev–Trinajstić information content (AvgIpc) is 3.15. The average molecular weight is 453 g/mol. The van der Waals surface area contributed by atoms with Crippen LogP contribution in [0.1, 0.15) is 12.0 Å². The third kappa shape index (κ3) is 5.61. The van der Waals surface area contributed by atoms with Gasteiger partial charge in [0.1, 0.15) is 5.75 Å². The van der Waals surface area contributed by atoms with Gasteiger partial charge in [-0.1, -0.05) is 29.8 Å². The third-order valence-electron chi connectivity index (χ3n) is 4.11. The number of carbonyl (C=O) groups is 1. The summed E-state index contributed by atoms with van der Waals surface area (Å²) in [6.45, 7) is -1.12. The number of hydrogen-bond acceptors (Lipinski definition) is 6. The zero-order valence-corrected chi connectivity index (χ0v) is 17.5. The molecule has 0 aliphatic heterocycles. The number of nitrogens with zero attached hydrogens (tertiary/aromatic N) is 1. The SMILES string of the molecule is Cc1ccc(S(=O)(=O)CCC(=O)Nc2nc(-c3ccccc3OC(F)F)cs2)cc1. The van der Waals surface area contributed by atoms with Crippen LogP contribution in [-0.2, 0) is 14.6 Å². The molecule has 0 fully saturated rings. The van der Waals surface area contributed by atoms with E-state index in [4.69, 9.17) is 0 Å². The van der Waals surface area contributed by atoms with Crippen molar-refractivity contribution in [2.45, 2.75) is 24.9 Å². The van der Waals surface area contributed by atoms with Gasteiger partial charge < -0.3 is 10.1 Å². The smallest absolute Gasteiger partial charge is 0.387 e. The molecule has 0 unspecified atom stereocenters. The normalized spacial score (nSPS) is 11.5. The maximum absolute atomic E-state index is 12.6. The predicted octanol–water partition coefficient (Wildman–Crippen LogP) is 4.52. The largest absolute Gasteiger partial charge is 0.434 e. The van der Waals surface area contributed by atoms with Gasteiger partial charge in [0.05, 0.1) is 16.3 Å². The maximum atomic E-state index is 12.6. The van der Waals surface area contributed by atoms with Gasteiger partial charge in [0.2, 0.25) is 5.91 Å². The van der Waals surface area contributed by atoms with Gasteiger partial charge in [-0.3, -0.25) is 4.79 Å². The van der Waals surface area contributed by atoms with E-state index in [-0.39, 0.29) is 28.0 Å². The van der Waals surface area contributed by atoms with Crippen LogP contribution in [0.25, 0.3) is 11.3 Å². The Morgan fingerprint density at radius 2 is 1.87 bits per heavy atom. The van der Waals surface area contributed by atoms with Crippen LogP contribution in [0.2, 0.25) is 0 Å². The number of para-hydroxylation sites is 1. The molecule has 3 rings (SSSR count). The van der Waals surface area contributed by atoms with Crippen molar-refractivity contribution in [2.24, 2.45) is 0 Å². The Bertz CT molecular complexity index is 1130. The predicted molar refractivity (Wildman–Crippen MR) is 111 cm³/mol. The van der Waals surface area contributed by atoms with E-state index >= 15 is 0 Å². The van der Waals surface area contributed by atoms with E-state index < -0.39 is 22.4 Å². The van der Waals surface area contributed by atoms with Gasteiger partial charge in [0.15, 0.2) is 15.0 Å². The first-order chi connectivity index (χ1) is 14.2. The number of halogens is 2. The first kappa shape index (κ1) is 21.8. The molecule has 1 aromatic heterocycles. The molecule has 1 heterocycles. The molecule has 0 radical (unpaired) electrons. The summed E-state index contributed by atoms with van der Waals surface area (Å²) in [6.07, 6.45) is -0.240.